The lowest BCUT2D eigenvalue weighted by Gasteiger charge is -2.19. The minimum Gasteiger partial charge on any atom is -0.588 e. The zero-order valence-electron chi connectivity index (χ0n) is 18.1. The highest BCUT2D eigenvalue weighted by molar-refractivity contribution is 7.92. The second-order valence-electron chi connectivity index (χ2n) is 8.63. The molecule has 0 bridgehead atoms. The summed E-state index contributed by atoms with van der Waals surface area (Å²) in [6.45, 7) is 8.15. The predicted octanol–water partition coefficient (Wildman–Crippen LogP) is 5.28. The molecule has 0 spiro atoms. The average molecular weight is 468 g/mol. The number of rotatable bonds is 4. The van der Waals surface area contributed by atoms with Crippen LogP contribution >= 0.6 is 11.6 Å². The third-order valence-corrected chi connectivity index (χ3v) is 6.68. The minimum absolute atomic E-state index is 0.0233. The lowest BCUT2D eigenvalue weighted by atomic mass is 9.87. The van der Waals surface area contributed by atoms with Crippen LogP contribution in [-0.2, 0) is 16.8 Å². The summed E-state index contributed by atoms with van der Waals surface area (Å²) in [6.07, 6.45) is 1.53. The van der Waals surface area contributed by atoms with E-state index in [9.17, 15) is 14.1 Å². The van der Waals surface area contributed by atoms with Gasteiger partial charge in [0, 0.05) is 6.20 Å². The number of amides is 2. The van der Waals surface area contributed by atoms with Crippen LogP contribution in [0.1, 0.15) is 52.6 Å². The van der Waals surface area contributed by atoms with Crippen LogP contribution in [-0.4, -0.2) is 21.4 Å². The Morgan fingerprint density at radius 2 is 1.66 bits per heavy atom. The van der Waals surface area contributed by atoms with Crippen molar-refractivity contribution in [2.75, 3.05) is 9.62 Å². The zero-order chi connectivity index (χ0) is 23.2. The Morgan fingerprint density at radius 3 is 2.28 bits per heavy atom. The number of nitrogens with one attached hydrogen (secondary N) is 1. The second-order valence-corrected chi connectivity index (χ2v) is 10.2. The standard InChI is InChI=1S/C24H22ClN3O3S/c1-14-11-12-26-19(13-14)28-22(29)20-17(25)9-10-18(21(20)23(28)30)27-32(31)16-7-5-15(6-8-16)24(2,3)4/h5-13,27H,1-4H3. The van der Waals surface area contributed by atoms with Gasteiger partial charge in [-0.3, -0.25) is 9.59 Å². The SMILES string of the molecule is Cc1ccnc(N2C(=O)c3c(Cl)ccc(N[S+]([O-])c4ccc(C(C)(C)C)cc4)c3C2=O)c1. The molecule has 0 radical (unpaired) electrons. The Balaban J connectivity index is 1.68. The van der Waals surface area contributed by atoms with Gasteiger partial charge in [-0.05, 0) is 59.9 Å². The fraction of sp³-hybridized carbons (Fsp3) is 0.208. The van der Waals surface area contributed by atoms with Gasteiger partial charge in [-0.2, -0.15) is 0 Å². The lowest BCUT2D eigenvalue weighted by molar-refractivity contribution is 0.0925. The fourth-order valence-corrected chi connectivity index (χ4v) is 4.61. The summed E-state index contributed by atoms with van der Waals surface area (Å²) in [7, 11) is 0. The molecule has 32 heavy (non-hydrogen) atoms. The topological polar surface area (TPSA) is 85.4 Å². The molecule has 1 aliphatic heterocycles. The number of carbonyl (C=O) groups is 2. The molecule has 1 unspecified atom stereocenters. The minimum atomic E-state index is -1.64. The van der Waals surface area contributed by atoms with E-state index in [4.69, 9.17) is 11.6 Å². The van der Waals surface area contributed by atoms with E-state index in [-0.39, 0.29) is 33.1 Å². The van der Waals surface area contributed by atoms with Gasteiger partial charge in [0.15, 0.2) is 4.90 Å². The van der Waals surface area contributed by atoms with Crippen molar-refractivity contribution < 1.29 is 14.1 Å². The van der Waals surface area contributed by atoms with Crippen LogP contribution in [0.2, 0.25) is 5.02 Å². The van der Waals surface area contributed by atoms with Gasteiger partial charge in [-0.1, -0.05) is 44.5 Å². The molecule has 1 aromatic heterocycles. The van der Waals surface area contributed by atoms with Gasteiger partial charge in [0.2, 0.25) is 0 Å². The van der Waals surface area contributed by atoms with Gasteiger partial charge in [-0.15, -0.1) is 0 Å². The van der Waals surface area contributed by atoms with E-state index in [1.807, 2.05) is 19.1 Å². The fourth-order valence-electron chi connectivity index (χ4n) is 3.50. The molecular weight excluding hydrogens is 446 g/mol. The van der Waals surface area contributed by atoms with Crippen molar-refractivity contribution in [1.82, 2.24) is 4.98 Å². The number of hydrogen-bond acceptors (Lipinski definition) is 5. The maximum atomic E-state index is 13.2. The molecule has 1 N–H and O–H groups in total. The average Bonchev–Trinajstić information content (AvgIpc) is 3.01. The molecule has 0 saturated carbocycles. The van der Waals surface area contributed by atoms with Crippen LogP contribution in [0.4, 0.5) is 11.5 Å². The van der Waals surface area contributed by atoms with Gasteiger partial charge in [0.05, 0.1) is 21.8 Å². The maximum absolute atomic E-state index is 13.2. The van der Waals surface area contributed by atoms with E-state index in [1.54, 1.807) is 30.3 Å². The smallest absolute Gasteiger partial charge is 0.269 e. The Kier molecular flexibility index (Phi) is 5.75. The summed E-state index contributed by atoms with van der Waals surface area (Å²) in [4.78, 5) is 32.0. The molecule has 1 atom stereocenters. The van der Waals surface area contributed by atoms with E-state index >= 15 is 0 Å². The number of pyridine rings is 1. The first kappa shape index (κ1) is 22.3. The first-order valence-electron chi connectivity index (χ1n) is 10.0. The van der Waals surface area contributed by atoms with Crippen molar-refractivity contribution in [2.45, 2.75) is 38.0 Å². The molecule has 6 nitrogen and oxygen atoms in total. The summed E-state index contributed by atoms with van der Waals surface area (Å²) in [5.74, 6) is -0.901. The van der Waals surface area contributed by atoms with Crippen molar-refractivity contribution >= 4 is 46.3 Å². The van der Waals surface area contributed by atoms with Crippen LogP contribution in [0.5, 0.6) is 0 Å². The molecule has 3 aromatic rings. The predicted molar refractivity (Wildman–Crippen MR) is 127 cm³/mol. The summed E-state index contributed by atoms with van der Waals surface area (Å²) in [6, 6.07) is 13.9. The van der Waals surface area contributed by atoms with Crippen LogP contribution in [0.15, 0.2) is 59.6 Å². The number of hydrogen-bond donors (Lipinski definition) is 1. The largest absolute Gasteiger partial charge is 0.588 e. The summed E-state index contributed by atoms with van der Waals surface area (Å²) >= 11 is 4.63. The third kappa shape index (κ3) is 3.99. The molecule has 0 aliphatic carbocycles. The Hall–Kier alpha value is -2.87. The molecule has 2 heterocycles. The highest BCUT2D eigenvalue weighted by atomic mass is 35.5. The molecule has 4 rings (SSSR count). The van der Waals surface area contributed by atoms with Crippen LogP contribution in [0.3, 0.4) is 0 Å². The van der Waals surface area contributed by atoms with E-state index < -0.39 is 23.2 Å². The van der Waals surface area contributed by atoms with E-state index in [0.717, 1.165) is 16.0 Å². The molecule has 2 amide bonds. The number of fused-ring (bicyclic) bond motifs is 1. The number of anilines is 2. The van der Waals surface area contributed by atoms with E-state index in [1.165, 1.54) is 12.3 Å². The van der Waals surface area contributed by atoms with Crippen LogP contribution in [0.25, 0.3) is 0 Å². The van der Waals surface area contributed by atoms with Gasteiger partial charge in [-0.25, -0.2) is 14.6 Å². The highest BCUT2D eigenvalue weighted by Crippen LogP contribution is 2.37. The molecule has 0 saturated heterocycles. The lowest BCUT2D eigenvalue weighted by Crippen LogP contribution is -2.30. The molecule has 164 valence electrons. The highest BCUT2D eigenvalue weighted by Gasteiger charge is 2.42. The van der Waals surface area contributed by atoms with Gasteiger partial charge in [0.25, 0.3) is 11.8 Å². The number of aryl methyl sites for hydroxylation is 1. The van der Waals surface area contributed by atoms with Crippen molar-refractivity contribution in [1.29, 1.82) is 0 Å². The number of aromatic nitrogens is 1. The number of imide groups is 1. The molecule has 2 aromatic carbocycles. The van der Waals surface area contributed by atoms with Gasteiger partial charge < -0.3 is 4.55 Å². The monoisotopic (exact) mass is 467 g/mol. The first-order chi connectivity index (χ1) is 15.1. The van der Waals surface area contributed by atoms with E-state index in [2.05, 4.69) is 30.5 Å². The normalized spacial score (nSPS) is 14.5. The Morgan fingerprint density at radius 1 is 1.00 bits per heavy atom. The summed E-state index contributed by atoms with van der Waals surface area (Å²) in [5, 5.41) is 0.152. The van der Waals surface area contributed by atoms with Gasteiger partial charge in [0.1, 0.15) is 17.2 Å². The summed E-state index contributed by atoms with van der Waals surface area (Å²) < 4.78 is 15.9. The third-order valence-electron chi connectivity index (χ3n) is 5.26. The number of nitrogens with zero attached hydrogens (tertiary/aromatic N) is 2. The van der Waals surface area contributed by atoms with Crippen molar-refractivity contribution in [3.63, 3.8) is 0 Å². The first-order valence-corrected chi connectivity index (χ1v) is 11.5. The summed E-state index contributed by atoms with van der Waals surface area (Å²) in [5.41, 5.74) is 2.39. The van der Waals surface area contributed by atoms with Crippen LogP contribution in [0, 0.1) is 6.92 Å². The quantitative estimate of drug-likeness (QED) is 0.417. The molecular formula is C24H22ClN3O3S. The number of carbonyl (C=O) groups excluding carboxylic acids is 2. The Labute approximate surface area is 194 Å². The van der Waals surface area contributed by atoms with Crippen molar-refractivity contribution in [3.8, 4) is 0 Å². The maximum Gasteiger partial charge on any atom is 0.269 e. The van der Waals surface area contributed by atoms with E-state index in [0.29, 0.717) is 4.90 Å². The van der Waals surface area contributed by atoms with Crippen molar-refractivity contribution in [3.05, 3.63) is 82.0 Å². The van der Waals surface area contributed by atoms with Crippen LogP contribution < -0.4 is 9.62 Å². The zero-order valence-corrected chi connectivity index (χ0v) is 19.7. The molecule has 1 aliphatic rings. The second kappa shape index (κ2) is 8.24. The molecule has 0 fully saturated rings. The number of halogens is 1. The number of benzene rings is 2. The van der Waals surface area contributed by atoms with Crippen molar-refractivity contribution in [2.24, 2.45) is 0 Å². The van der Waals surface area contributed by atoms with Gasteiger partial charge >= 0.3 is 0 Å². The Bertz CT molecular complexity index is 1220. The molecule has 8 heteroatoms.